The first-order valence-electron chi connectivity index (χ1n) is 5.45. The third-order valence-electron chi connectivity index (χ3n) is 2.87. The molecule has 0 bridgehead atoms. The van der Waals surface area contributed by atoms with Crippen LogP contribution >= 0.6 is 11.8 Å². The fraction of sp³-hybridized carbons (Fsp3) is 1.00. The van der Waals surface area contributed by atoms with Gasteiger partial charge in [0.25, 0.3) is 0 Å². The highest BCUT2D eigenvalue weighted by Gasteiger charge is 2.19. The van der Waals surface area contributed by atoms with Crippen LogP contribution < -0.4 is 0 Å². The minimum atomic E-state index is -2.77. The van der Waals surface area contributed by atoms with E-state index in [2.05, 4.69) is 11.9 Å². The molecule has 1 fully saturated rings. The Balaban J connectivity index is 2.02. The maximum atomic E-state index is 10.9. The summed E-state index contributed by atoms with van der Waals surface area (Å²) in [5.74, 6) is 2.15. The van der Waals surface area contributed by atoms with E-state index in [0.29, 0.717) is 5.75 Å². The highest BCUT2D eigenvalue weighted by atomic mass is 32.2. The summed E-state index contributed by atoms with van der Waals surface area (Å²) in [4.78, 5) is 2.41. The largest absolute Gasteiger partial charge is 0.303 e. The highest BCUT2D eigenvalue weighted by Crippen LogP contribution is 2.19. The van der Waals surface area contributed by atoms with Crippen LogP contribution in [-0.4, -0.2) is 56.5 Å². The number of rotatable bonds is 6. The highest BCUT2D eigenvalue weighted by molar-refractivity contribution is 8.00. The maximum absolute atomic E-state index is 10.9. The number of nitrogens with zero attached hydrogens (tertiary/aromatic N) is 1. The molecule has 0 radical (unpaired) electrons. The van der Waals surface area contributed by atoms with Crippen LogP contribution in [-0.2, 0) is 9.84 Å². The van der Waals surface area contributed by atoms with Gasteiger partial charge in [-0.2, -0.15) is 11.8 Å². The lowest BCUT2D eigenvalue weighted by atomic mass is 10.2. The molecule has 3 nitrogen and oxygen atoms in total. The molecule has 1 heterocycles. The van der Waals surface area contributed by atoms with Crippen molar-refractivity contribution in [1.29, 1.82) is 0 Å². The zero-order valence-corrected chi connectivity index (χ0v) is 11.2. The Bertz CT molecular complexity index is 277. The summed E-state index contributed by atoms with van der Waals surface area (Å²) in [6, 6.07) is 0.732. The Morgan fingerprint density at radius 1 is 1.40 bits per heavy atom. The second kappa shape index (κ2) is 6.11. The van der Waals surface area contributed by atoms with Crippen molar-refractivity contribution < 1.29 is 8.42 Å². The molecule has 0 spiro atoms. The van der Waals surface area contributed by atoms with Gasteiger partial charge in [-0.1, -0.05) is 0 Å². The van der Waals surface area contributed by atoms with Crippen molar-refractivity contribution in [1.82, 2.24) is 4.90 Å². The lowest BCUT2D eigenvalue weighted by Crippen LogP contribution is -2.25. The van der Waals surface area contributed by atoms with E-state index >= 15 is 0 Å². The van der Waals surface area contributed by atoms with Crippen molar-refractivity contribution in [2.24, 2.45) is 0 Å². The second-order valence-corrected chi connectivity index (χ2v) is 7.79. The van der Waals surface area contributed by atoms with Gasteiger partial charge in [-0.05, 0) is 38.6 Å². The van der Waals surface area contributed by atoms with Crippen LogP contribution in [0, 0.1) is 0 Å². The molecule has 1 aliphatic heterocycles. The first-order valence-corrected chi connectivity index (χ1v) is 8.66. The number of hydrogen-bond acceptors (Lipinski definition) is 4. The van der Waals surface area contributed by atoms with Crippen LogP contribution in [0.1, 0.15) is 19.3 Å². The SMILES string of the molecule is CN1CCC[C@H]1CCSCCS(C)(=O)=O. The fourth-order valence-electron chi connectivity index (χ4n) is 1.88. The molecule has 1 saturated heterocycles. The monoisotopic (exact) mass is 251 g/mol. The van der Waals surface area contributed by atoms with Crippen molar-refractivity contribution in [2.75, 3.05) is 37.1 Å². The van der Waals surface area contributed by atoms with Gasteiger partial charge in [0, 0.05) is 18.1 Å². The Morgan fingerprint density at radius 2 is 2.13 bits per heavy atom. The van der Waals surface area contributed by atoms with E-state index in [0.717, 1.165) is 17.5 Å². The van der Waals surface area contributed by atoms with Crippen molar-refractivity contribution in [3.63, 3.8) is 0 Å². The molecule has 90 valence electrons. The zero-order valence-electron chi connectivity index (χ0n) is 9.61. The Morgan fingerprint density at radius 3 is 2.67 bits per heavy atom. The predicted molar refractivity (Wildman–Crippen MR) is 67.3 cm³/mol. The number of sulfone groups is 1. The minimum Gasteiger partial charge on any atom is -0.303 e. The van der Waals surface area contributed by atoms with Gasteiger partial charge in [-0.3, -0.25) is 0 Å². The second-order valence-electron chi connectivity index (χ2n) is 4.31. The van der Waals surface area contributed by atoms with E-state index in [1.54, 1.807) is 11.8 Å². The third-order valence-corrected chi connectivity index (χ3v) is 5.09. The van der Waals surface area contributed by atoms with Crippen LogP contribution in [0.3, 0.4) is 0 Å². The van der Waals surface area contributed by atoms with Gasteiger partial charge in [0.05, 0.1) is 5.75 Å². The molecular weight excluding hydrogens is 230 g/mol. The molecule has 0 aromatic carbocycles. The molecule has 1 atom stereocenters. The molecule has 5 heteroatoms. The molecule has 0 aromatic heterocycles. The summed E-state index contributed by atoms with van der Waals surface area (Å²) in [5, 5.41) is 0. The smallest absolute Gasteiger partial charge is 0.148 e. The van der Waals surface area contributed by atoms with Gasteiger partial charge >= 0.3 is 0 Å². The van der Waals surface area contributed by atoms with E-state index in [1.807, 2.05) is 0 Å². The summed E-state index contributed by atoms with van der Waals surface area (Å²) in [6.07, 6.45) is 5.13. The molecule has 0 aliphatic carbocycles. The molecule has 0 N–H and O–H groups in total. The first-order chi connectivity index (χ1) is 6.99. The summed E-state index contributed by atoms with van der Waals surface area (Å²) in [7, 11) is -0.586. The van der Waals surface area contributed by atoms with E-state index in [1.165, 1.54) is 32.1 Å². The zero-order chi connectivity index (χ0) is 11.3. The number of hydrogen-bond donors (Lipinski definition) is 0. The lowest BCUT2D eigenvalue weighted by molar-refractivity contribution is 0.305. The van der Waals surface area contributed by atoms with Crippen LogP contribution in [0.5, 0.6) is 0 Å². The van der Waals surface area contributed by atoms with Crippen molar-refractivity contribution in [2.45, 2.75) is 25.3 Å². The standard InChI is InChI=1S/C10H21NO2S2/c1-11-6-3-4-10(11)5-7-14-8-9-15(2,12)13/h10H,3-9H2,1-2H3/t10-/m0/s1. The summed E-state index contributed by atoms with van der Waals surface area (Å²) >= 11 is 1.76. The molecular formula is C10H21NO2S2. The first kappa shape index (κ1) is 13.3. The molecule has 15 heavy (non-hydrogen) atoms. The average molecular weight is 251 g/mol. The van der Waals surface area contributed by atoms with Gasteiger partial charge in [-0.25, -0.2) is 8.42 Å². The van der Waals surface area contributed by atoms with Gasteiger partial charge in [0.15, 0.2) is 0 Å². The Hall–Kier alpha value is 0.260. The van der Waals surface area contributed by atoms with Gasteiger partial charge < -0.3 is 4.90 Å². The molecule has 1 rings (SSSR count). The van der Waals surface area contributed by atoms with Crippen LogP contribution in [0.25, 0.3) is 0 Å². The Kier molecular flexibility index (Phi) is 5.43. The molecule has 1 aliphatic rings. The third kappa shape index (κ3) is 5.78. The fourth-order valence-corrected chi connectivity index (χ4v) is 4.20. The van der Waals surface area contributed by atoms with Crippen molar-refractivity contribution >= 4 is 21.6 Å². The number of thioether (sulfide) groups is 1. The quantitative estimate of drug-likeness (QED) is 0.666. The summed E-state index contributed by atoms with van der Waals surface area (Å²) < 4.78 is 21.8. The average Bonchev–Trinajstić information content (AvgIpc) is 2.49. The molecule has 0 aromatic rings. The predicted octanol–water partition coefficient (Wildman–Crippen LogP) is 1.25. The molecule has 0 saturated carbocycles. The summed E-state index contributed by atoms with van der Waals surface area (Å²) in [6.45, 7) is 1.22. The van der Waals surface area contributed by atoms with Crippen molar-refractivity contribution in [3.8, 4) is 0 Å². The van der Waals surface area contributed by atoms with Gasteiger partial charge in [0.1, 0.15) is 9.84 Å². The summed E-state index contributed by atoms with van der Waals surface area (Å²) in [5.41, 5.74) is 0. The number of likely N-dealkylation sites (tertiary alicyclic amines) is 1. The lowest BCUT2D eigenvalue weighted by Gasteiger charge is -2.18. The minimum absolute atomic E-state index is 0.318. The van der Waals surface area contributed by atoms with Crippen LogP contribution in [0.4, 0.5) is 0 Å². The topological polar surface area (TPSA) is 37.4 Å². The van der Waals surface area contributed by atoms with E-state index in [4.69, 9.17) is 0 Å². The molecule has 0 amide bonds. The van der Waals surface area contributed by atoms with Gasteiger partial charge in [0.2, 0.25) is 0 Å². The van der Waals surface area contributed by atoms with E-state index in [9.17, 15) is 8.42 Å². The van der Waals surface area contributed by atoms with Crippen LogP contribution in [0.15, 0.2) is 0 Å². The van der Waals surface area contributed by atoms with Crippen molar-refractivity contribution in [3.05, 3.63) is 0 Å². The molecule has 0 unspecified atom stereocenters. The van der Waals surface area contributed by atoms with Gasteiger partial charge in [-0.15, -0.1) is 0 Å². The Labute approximate surface area is 97.5 Å². The normalized spacial score (nSPS) is 23.5. The van der Waals surface area contributed by atoms with E-state index in [-0.39, 0.29) is 0 Å². The van der Waals surface area contributed by atoms with E-state index < -0.39 is 9.84 Å². The maximum Gasteiger partial charge on any atom is 0.148 e. The van der Waals surface area contributed by atoms with Crippen LogP contribution in [0.2, 0.25) is 0 Å².